The fourth-order valence-corrected chi connectivity index (χ4v) is 5.94. The Balaban J connectivity index is 2.34. The molecule has 0 bridgehead atoms. The maximum Gasteiger partial charge on any atom is -0.0195 e. The molecule has 0 nitrogen and oxygen atoms in total. The first-order valence-corrected chi connectivity index (χ1v) is 7.02. The van der Waals surface area contributed by atoms with Gasteiger partial charge in [0.15, 0.2) is 0 Å². The van der Waals surface area contributed by atoms with E-state index in [1.807, 2.05) is 0 Å². The number of benzene rings is 1. The molecule has 2 atom stereocenters. The summed E-state index contributed by atoms with van der Waals surface area (Å²) in [6, 6.07) is 8.96. The molecule has 0 aromatic heterocycles. The van der Waals surface area contributed by atoms with Gasteiger partial charge in [-0.1, -0.05) is 46.0 Å². The second-order valence-corrected chi connectivity index (χ2v) is 7.53. The van der Waals surface area contributed by atoms with E-state index < -0.39 is 0 Å². The van der Waals surface area contributed by atoms with Crippen LogP contribution in [0.4, 0.5) is 0 Å². The lowest BCUT2D eigenvalue weighted by Gasteiger charge is -2.23. The standard InChI is InChI=1S/C13H19P/c1-10-6-4-5-7-13(10)14-11(2)8-9-12(14)3/h4-7,11-12H,8-9H2,1-3H3/t11-,12-/m0/s1. The van der Waals surface area contributed by atoms with Crippen LogP contribution < -0.4 is 5.30 Å². The summed E-state index contributed by atoms with van der Waals surface area (Å²) >= 11 is 0. The second kappa shape index (κ2) is 4.03. The monoisotopic (exact) mass is 206 g/mol. The zero-order valence-electron chi connectivity index (χ0n) is 9.33. The van der Waals surface area contributed by atoms with Crippen LogP contribution in [0.5, 0.6) is 0 Å². The highest BCUT2D eigenvalue weighted by molar-refractivity contribution is 7.67. The second-order valence-electron chi connectivity index (χ2n) is 4.47. The minimum absolute atomic E-state index is 0.117. The van der Waals surface area contributed by atoms with Crippen molar-refractivity contribution in [2.24, 2.45) is 0 Å². The van der Waals surface area contributed by atoms with E-state index in [4.69, 9.17) is 0 Å². The predicted octanol–water partition coefficient (Wildman–Crippen LogP) is 3.67. The summed E-state index contributed by atoms with van der Waals surface area (Å²) < 4.78 is 0. The van der Waals surface area contributed by atoms with Gasteiger partial charge >= 0.3 is 0 Å². The largest absolute Gasteiger partial charge is 0.0692 e. The number of aryl methyl sites for hydroxylation is 1. The molecule has 0 aliphatic carbocycles. The van der Waals surface area contributed by atoms with Crippen molar-refractivity contribution in [3.05, 3.63) is 29.8 Å². The van der Waals surface area contributed by atoms with Gasteiger partial charge in [-0.2, -0.15) is 0 Å². The molecule has 0 spiro atoms. The molecule has 0 radical (unpaired) electrons. The van der Waals surface area contributed by atoms with Gasteiger partial charge in [0.1, 0.15) is 0 Å². The summed E-state index contributed by atoms with van der Waals surface area (Å²) in [7, 11) is 0.117. The molecule has 0 saturated carbocycles. The predicted molar refractivity (Wildman–Crippen MR) is 65.9 cm³/mol. The smallest absolute Gasteiger partial charge is 0.0195 e. The molecule has 0 N–H and O–H groups in total. The fourth-order valence-electron chi connectivity index (χ4n) is 2.52. The summed E-state index contributed by atoms with van der Waals surface area (Å²) in [5, 5.41) is 1.65. The number of hydrogen-bond acceptors (Lipinski definition) is 0. The Morgan fingerprint density at radius 2 is 1.64 bits per heavy atom. The lowest BCUT2D eigenvalue weighted by molar-refractivity contribution is 0.777. The molecule has 1 aliphatic heterocycles. The highest BCUT2D eigenvalue weighted by atomic mass is 31.1. The van der Waals surface area contributed by atoms with Crippen molar-refractivity contribution in [3.8, 4) is 0 Å². The Morgan fingerprint density at radius 1 is 1.07 bits per heavy atom. The van der Waals surface area contributed by atoms with Crippen molar-refractivity contribution in [2.45, 2.75) is 44.9 Å². The molecular weight excluding hydrogens is 187 g/mol. The van der Waals surface area contributed by atoms with E-state index >= 15 is 0 Å². The van der Waals surface area contributed by atoms with E-state index in [9.17, 15) is 0 Å². The Labute approximate surface area is 88.5 Å². The summed E-state index contributed by atoms with van der Waals surface area (Å²) in [6.07, 6.45) is 2.86. The quantitative estimate of drug-likeness (QED) is 0.615. The molecule has 1 heteroatoms. The van der Waals surface area contributed by atoms with Gasteiger partial charge in [-0.05, 0) is 42.0 Å². The summed E-state index contributed by atoms with van der Waals surface area (Å²) in [5.74, 6) is 0. The normalized spacial score (nSPS) is 28.2. The fraction of sp³-hybridized carbons (Fsp3) is 0.538. The van der Waals surface area contributed by atoms with E-state index in [0.29, 0.717) is 0 Å². The Kier molecular flexibility index (Phi) is 2.93. The van der Waals surface area contributed by atoms with E-state index in [0.717, 1.165) is 11.3 Å². The van der Waals surface area contributed by atoms with E-state index in [1.165, 1.54) is 18.4 Å². The van der Waals surface area contributed by atoms with Crippen molar-refractivity contribution in [3.63, 3.8) is 0 Å². The Bertz CT molecular complexity index is 309. The van der Waals surface area contributed by atoms with Crippen molar-refractivity contribution < 1.29 is 0 Å². The summed E-state index contributed by atoms with van der Waals surface area (Å²) in [6.45, 7) is 7.12. The first-order chi connectivity index (χ1) is 6.70. The topological polar surface area (TPSA) is 0 Å². The Hall–Kier alpha value is -0.350. The van der Waals surface area contributed by atoms with Crippen molar-refractivity contribution in [2.75, 3.05) is 0 Å². The molecule has 1 heterocycles. The molecule has 1 saturated heterocycles. The third-order valence-corrected chi connectivity index (χ3v) is 6.82. The van der Waals surface area contributed by atoms with E-state index in [2.05, 4.69) is 45.0 Å². The average molecular weight is 206 g/mol. The maximum absolute atomic E-state index is 2.43. The van der Waals surface area contributed by atoms with Gasteiger partial charge in [0, 0.05) is 0 Å². The molecule has 1 fully saturated rings. The van der Waals surface area contributed by atoms with Crippen molar-refractivity contribution in [1.82, 2.24) is 0 Å². The number of hydrogen-bond donors (Lipinski definition) is 0. The van der Waals surface area contributed by atoms with Gasteiger partial charge in [-0.25, -0.2) is 0 Å². The summed E-state index contributed by atoms with van der Waals surface area (Å²) in [4.78, 5) is 0. The molecule has 0 unspecified atom stereocenters. The van der Waals surface area contributed by atoms with Crippen LogP contribution in [-0.4, -0.2) is 11.3 Å². The van der Waals surface area contributed by atoms with Crippen LogP contribution in [0.2, 0.25) is 0 Å². The van der Waals surface area contributed by atoms with Crippen molar-refractivity contribution >= 4 is 13.2 Å². The van der Waals surface area contributed by atoms with Gasteiger partial charge in [0.2, 0.25) is 0 Å². The van der Waals surface area contributed by atoms with Gasteiger partial charge in [-0.3, -0.25) is 0 Å². The SMILES string of the molecule is Cc1ccccc1P1[C@@H](C)CC[C@@H]1C. The average Bonchev–Trinajstić information content (AvgIpc) is 2.48. The first-order valence-electron chi connectivity index (χ1n) is 5.54. The molecule has 1 aromatic carbocycles. The molecule has 2 rings (SSSR count). The zero-order valence-corrected chi connectivity index (χ0v) is 10.2. The minimum Gasteiger partial charge on any atom is -0.0692 e. The molecule has 14 heavy (non-hydrogen) atoms. The van der Waals surface area contributed by atoms with Gasteiger partial charge < -0.3 is 0 Å². The van der Waals surface area contributed by atoms with Crippen LogP contribution in [0.3, 0.4) is 0 Å². The highest BCUT2D eigenvalue weighted by Gasteiger charge is 2.31. The molecule has 1 aromatic rings. The lowest BCUT2D eigenvalue weighted by Crippen LogP contribution is -2.13. The maximum atomic E-state index is 2.43. The molecule has 1 aliphatic rings. The molecular formula is C13H19P. The van der Waals surface area contributed by atoms with Crippen LogP contribution in [0.25, 0.3) is 0 Å². The minimum atomic E-state index is 0.117. The van der Waals surface area contributed by atoms with E-state index in [1.54, 1.807) is 5.30 Å². The zero-order chi connectivity index (χ0) is 10.1. The van der Waals surface area contributed by atoms with Crippen LogP contribution in [0.1, 0.15) is 32.3 Å². The molecule has 76 valence electrons. The van der Waals surface area contributed by atoms with Gasteiger partial charge in [-0.15, -0.1) is 0 Å². The van der Waals surface area contributed by atoms with Crippen LogP contribution >= 0.6 is 7.92 Å². The Morgan fingerprint density at radius 3 is 2.21 bits per heavy atom. The number of rotatable bonds is 1. The molecule has 0 amide bonds. The lowest BCUT2D eigenvalue weighted by atomic mass is 10.2. The van der Waals surface area contributed by atoms with Gasteiger partial charge in [0.05, 0.1) is 0 Å². The summed E-state index contributed by atoms with van der Waals surface area (Å²) in [5.41, 5.74) is 3.36. The first kappa shape index (κ1) is 10.2. The van der Waals surface area contributed by atoms with Crippen molar-refractivity contribution in [1.29, 1.82) is 0 Å². The van der Waals surface area contributed by atoms with Crippen LogP contribution in [0.15, 0.2) is 24.3 Å². The van der Waals surface area contributed by atoms with Crippen LogP contribution in [-0.2, 0) is 0 Å². The van der Waals surface area contributed by atoms with Gasteiger partial charge in [0.25, 0.3) is 0 Å². The third-order valence-electron chi connectivity index (χ3n) is 3.35. The van der Waals surface area contributed by atoms with Crippen LogP contribution in [0, 0.1) is 6.92 Å². The highest BCUT2D eigenvalue weighted by Crippen LogP contribution is 2.54. The van der Waals surface area contributed by atoms with E-state index in [-0.39, 0.29) is 7.92 Å². The third kappa shape index (κ3) is 1.73.